The molecule has 0 bridgehead atoms. The summed E-state index contributed by atoms with van der Waals surface area (Å²) in [5.74, 6) is -0.744. The Hall–Kier alpha value is -2.91. The molecule has 9 heteroatoms. The molecule has 0 unspecified atom stereocenters. The maximum Gasteiger partial charge on any atom is 0.338 e. The van der Waals surface area contributed by atoms with Gasteiger partial charge in [0, 0.05) is 13.1 Å². The molecule has 3 rings (SSSR count). The van der Waals surface area contributed by atoms with Crippen molar-refractivity contribution in [3.63, 3.8) is 0 Å². The topological polar surface area (TPSA) is 102 Å². The van der Waals surface area contributed by atoms with Gasteiger partial charge in [-0.2, -0.15) is 4.31 Å². The molecule has 0 radical (unpaired) electrons. The first-order chi connectivity index (χ1) is 14.4. The van der Waals surface area contributed by atoms with E-state index in [-0.39, 0.29) is 10.5 Å². The number of carbonyl (C=O) groups excluding carboxylic acids is 2. The molecule has 30 heavy (non-hydrogen) atoms. The van der Waals surface area contributed by atoms with Gasteiger partial charge in [-0.15, -0.1) is 0 Å². The molecule has 1 amide bonds. The van der Waals surface area contributed by atoms with Gasteiger partial charge in [-0.25, -0.2) is 13.2 Å². The van der Waals surface area contributed by atoms with Crippen LogP contribution in [0.2, 0.25) is 0 Å². The molecule has 0 spiro atoms. The molecule has 0 aromatic heterocycles. The Labute approximate surface area is 175 Å². The zero-order valence-corrected chi connectivity index (χ0v) is 17.5. The number of carbonyl (C=O) groups is 2. The van der Waals surface area contributed by atoms with Gasteiger partial charge in [-0.05, 0) is 49.2 Å². The van der Waals surface area contributed by atoms with E-state index < -0.39 is 28.5 Å². The van der Waals surface area contributed by atoms with Crippen molar-refractivity contribution in [3.05, 3.63) is 54.1 Å². The molecule has 0 aliphatic carbocycles. The third kappa shape index (κ3) is 5.17. The van der Waals surface area contributed by atoms with Crippen LogP contribution >= 0.6 is 0 Å². The Kier molecular flexibility index (Phi) is 7.07. The Morgan fingerprint density at radius 1 is 1.00 bits per heavy atom. The molecule has 0 saturated carbocycles. The highest BCUT2D eigenvalue weighted by atomic mass is 32.2. The predicted octanol–water partition coefficient (Wildman–Crippen LogP) is 2.67. The molecule has 1 N–H and O–H groups in total. The number of para-hydroxylation sites is 2. The van der Waals surface area contributed by atoms with Crippen LogP contribution in [0.3, 0.4) is 0 Å². The Morgan fingerprint density at radius 3 is 2.33 bits per heavy atom. The fraction of sp³-hybridized carbons (Fsp3) is 0.333. The monoisotopic (exact) mass is 432 g/mol. The highest BCUT2D eigenvalue weighted by Gasteiger charge is 2.26. The van der Waals surface area contributed by atoms with E-state index in [0.29, 0.717) is 24.5 Å². The van der Waals surface area contributed by atoms with Crippen LogP contribution in [0, 0.1) is 0 Å². The number of piperidine rings is 1. The van der Waals surface area contributed by atoms with E-state index >= 15 is 0 Å². The third-order valence-corrected chi connectivity index (χ3v) is 6.67. The van der Waals surface area contributed by atoms with Crippen LogP contribution in [0.25, 0.3) is 0 Å². The first-order valence-electron chi connectivity index (χ1n) is 9.62. The average molecular weight is 432 g/mol. The van der Waals surface area contributed by atoms with E-state index in [9.17, 15) is 18.0 Å². The van der Waals surface area contributed by atoms with E-state index in [1.807, 2.05) is 0 Å². The van der Waals surface area contributed by atoms with Gasteiger partial charge in [-0.3, -0.25) is 4.79 Å². The molecule has 8 nitrogen and oxygen atoms in total. The van der Waals surface area contributed by atoms with E-state index in [4.69, 9.17) is 9.47 Å². The molecule has 1 saturated heterocycles. The number of amides is 1. The minimum absolute atomic E-state index is 0.134. The van der Waals surface area contributed by atoms with Gasteiger partial charge in [0.2, 0.25) is 10.0 Å². The first-order valence-corrected chi connectivity index (χ1v) is 11.1. The van der Waals surface area contributed by atoms with E-state index in [1.54, 1.807) is 24.3 Å². The van der Waals surface area contributed by atoms with Gasteiger partial charge in [-0.1, -0.05) is 18.6 Å². The summed E-state index contributed by atoms with van der Waals surface area (Å²) >= 11 is 0. The largest absolute Gasteiger partial charge is 0.495 e. The lowest BCUT2D eigenvalue weighted by Crippen LogP contribution is -2.35. The maximum absolute atomic E-state index is 12.7. The van der Waals surface area contributed by atoms with Crippen LogP contribution in [0.5, 0.6) is 5.75 Å². The molecule has 2 aromatic rings. The summed E-state index contributed by atoms with van der Waals surface area (Å²) in [5, 5.41) is 2.61. The molecular weight excluding hydrogens is 408 g/mol. The number of esters is 1. The van der Waals surface area contributed by atoms with Gasteiger partial charge in [0.05, 0.1) is 23.3 Å². The van der Waals surface area contributed by atoms with Gasteiger partial charge in [0.1, 0.15) is 5.75 Å². The molecule has 160 valence electrons. The second kappa shape index (κ2) is 9.73. The number of benzene rings is 2. The summed E-state index contributed by atoms with van der Waals surface area (Å²) in [6.07, 6.45) is 2.72. The van der Waals surface area contributed by atoms with E-state index in [1.165, 1.54) is 35.7 Å². The molecule has 1 aliphatic heterocycles. The highest BCUT2D eigenvalue weighted by molar-refractivity contribution is 7.89. The number of hydrogen-bond donors (Lipinski definition) is 1. The predicted molar refractivity (Wildman–Crippen MR) is 111 cm³/mol. The van der Waals surface area contributed by atoms with Gasteiger partial charge in [0.15, 0.2) is 6.61 Å². The van der Waals surface area contributed by atoms with Crippen molar-refractivity contribution in [3.8, 4) is 5.75 Å². The quantitative estimate of drug-likeness (QED) is 0.675. The number of sulfonamides is 1. The minimum atomic E-state index is -3.57. The molecule has 1 aliphatic rings. The Morgan fingerprint density at radius 2 is 1.67 bits per heavy atom. The lowest BCUT2D eigenvalue weighted by atomic mass is 10.2. The van der Waals surface area contributed by atoms with E-state index in [2.05, 4.69) is 5.32 Å². The number of anilines is 1. The summed E-state index contributed by atoms with van der Waals surface area (Å²) in [7, 11) is -2.08. The fourth-order valence-corrected chi connectivity index (χ4v) is 4.68. The number of nitrogens with one attached hydrogen (secondary N) is 1. The summed E-state index contributed by atoms with van der Waals surface area (Å²) < 4.78 is 37.0. The van der Waals surface area contributed by atoms with Gasteiger partial charge < -0.3 is 14.8 Å². The second-order valence-electron chi connectivity index (χ2n) is 6.81. The van der Waals surface area contributed by atoms with Crippen LogP contribution in [-0.4, -0.2) is 51.4 Å². The SMILES string of the molecule is COc1ccccc1NC(=O)COC(=O)c1ccc(S(=O)(=O)N2CCCCC2)cc1. The molecule has 1 fully saturated rings. The summed E-state index contributed by atoms with van der Waals surface area (Å²) in [6.45, 7) is 0.533. The molecule has 2 aromatic carbocycles. The Balaban J connectivity index is 1.57. The summed E-state index contributed by atoms with van der Waals surface area (Å²) in [6, 6.07) is 12.4. The molecular formula is C21H24N2O6S. The third-order valence-electron chi connectivity index (χ3n) is 4.76. The normalized spacial score (nSPS) is 14.7. The standard InChI is InChI=1S/C21H24N2O6S/c1-28-19-8-4-3-7-18(19)22-20(24)15-29-21(25)16-9-11-17(12-10-16)30(26,27)23-13-5-2-6-14-23/h3-4,7-12H,2,5-6,13-15H2,1H3,(H,22,24). The van der Waals surface area contributed by atoms with Crippen molar-refractivity contribution < 1.29 is 27.5 Å². The van der Waals surface area contributed by atoms with E-state index in [0.717, 1.165) is 19.3 Å². The number of rotatable bonds is 7. The van der Waals surface area contributed by atoms with Crippen LogP contribution in [0.1, 0.15) is 29.6 Å². The maximum atomic E-state index is 12.7. The van der Waals surface area contributed by atoms with Gasteiger partial charge in [0.25, 0.3) is 5.91 Å². The Bertz CT molecular complexity index is 998. The van der Waals surface area contributed by atoms with Crippen molar-refractivity contribution in [1.82, 2.24) is 4.31 Å². The first kappa shape index (κ1) is 21.8. The summed E-state index contributed by atoms with van der Waals surface area (Å²) in [4.78, 5) is 24.4. The second-order valence-corrected chi connectivity index (χ2v) is 8.75. The van der Waals surface area contributed by atoms with Crippen LogP contribution in [0.4, 0.5) is 5.69 Å². The van der Waals surface area contributed by atoms with Crippen molar-refractivity contribution >= 4 is 27.6 Å². The molecule has 1 heterocycles. The highest BCUT2D eigenvalue weighted by Crippen LogP contribution is 2.23. The molecule has 0 atom stereocenters. The number of nitrogens with zero attached hydrogens (tertiary/aromatic N) is 1. The van der Waals surface area contributed by atoms with Crippen molar-refractivity contribution in [2.75, 3.05) is 32.1 Å². The minimum Gasteiger partial charge on any atom is -0.495 e. The van der Waals surface area contributed by atoms with Crippen LogP contribution < -0.4 is 10.1 Å². The van der Waals surface area contributed by atoms with Gasteiger partial charge >= 0.3 is 5.97 Å². The zero-order chi connectivity index (χ0) is 21.6. The van der Waals surface area contributed by atoms with Crippen LogP contribution in [-0.2, 0) is 19.6 Å². The lowest BCUT2D eigenvalue weighted by molar-refractivity contribution is -0.119. The number of methoxy groups -OCH3 is 1. The smallest absolute Gasteiger partial charge is 0.338 e. The van der Waals surface area contributed by atoms with Crippen molar-refractivity contribution in [1.29, 1.82) is 0 Å². The van der Waals surface area contributed by atoms with Crippen LogP contribution in [0.15, 0.2) is 53.4 Å². The van der Waals surface area contributed by atoms with Crippen molar-refractivity contribution in [2.24, 2.45) is 0 Å². The number of hydrogen-bond acceptors (Lipinski definition) is 6. The fourth-order valence-electron chi connectivity index (χ4n) is 3.17. The summed E-state index contributed by atoms with van der Waals surface area (Å²) in [5.41, 5.74) is 0.631. The van der Waals surface area contributed by atoms with Crippen molar-refractivity contribution in [2.45, 2.75) is 24.2 Å². The lowest BCUT2D eigenvalue weighted by Gasteiger charge is -2.25. The number of ether oxygens (including phenoxy) is 2. The average Bonchev–Trinajstić information content (AvgIpc) is 2.78. The zero-order valence-electron chi connectivity index (χ0n) is 16.7.